The molecule has 0 spiro atoms. The fourth-order valence-electron chi connectivity index (χ4n) is 2.62. The van der Waals surface area contributed by atoms with Gasteiger partial charge in [-0.05, 0) is 24.3 Å². The first-order valence-electron chi connectivity index (χ1n) is 7.18. The summed E-state index contributed by atoms with van der Waals surface area (Å²) >= 11 is 5.78. The highest BCUT2D eigenvalue weighted by Gasteiger charge is 2.45. The van der Waals surface area contributed by atoms with E-state index in [4.69, 9.17) is 21.1 Å². The second kappa shape index (κ2) is 7.67. The number of rotatable bonds is 7. The molecule has 1 aromatic carbocycles. The molecule has 1 heterocycles. The average molecular weight is 398 g/mol. The van der Waals surface area contributed by atoms with Gasteiger partial charge in [-0.2, -0.15) is 0 Å². The van der Waals surface area contributed by atoms with Crippen LogP contribution in [-0.4, -0.2) is 66.7 Å². The van der Waals surface area contributed by atoms with Gasteiger partial charge in [-0.3, -0.25) is 0 Å². The van der Waals surface area contributed by atoms with Gasteiger partial charge in [-0.15, -0.1) is 0 Å². The maximum atomic E-state index is 12.8. The Bertz CT molecular complexity index is 759. The van der Waals surface area contributed by atoms with Crippen LogP contribution in [0.25, 0.3) is 0 Å². The van der Waals surface area contributed by atoms with E-state index in [0.717, 1.165) is 0 Å². The van der Waals surface area contributed by atoms with E-state index in [0.29, 0.717) is 5.02 Å². The zero-order valence-electron chi connectivity index (χ0n) is 13.3. The van der Waals surface area contributed by atoms with Gasteiger partial charge in [0, 0.05) is 31.8 Å². The normalized spacial score (nSPS) is 23.7. The molecule has 0 unspecified atom stereocenters. The third-order valence-corrected chi connectivity index (χ3v) is 8.33. The summed E-state index contributed by atoms with van der Waals surface area (Å²) in [5.41, 5.74) is 0. The van der Waals surface area contributed by atoms with Gasteiger partial charge in [0.15, 0.2) is 26.0 Å². The molecule has 1 aromatic rings. The number of methoxy groups -OCH3 is 2. The Morgan fingerprint density at radius 1 is 1.21 bits per heavy atom. The molecule has 0 saturated carbocycles. The molecule has 7 nitrogen and oxygen atoms in total. The summed E-state index contributed by atoms with van der Waals surface area (Å²) < 4.78 is 59.7. The highest BCUT2D eigenvalue weighted by atomic mass is 35.5. The van der Waals surface area contributed by atoms with Crippen molar-refractivity contribution in [2.75, 3.05) is 32.3 Å². The summed E-state index contributed by atoms with van der Waals surface area (Å²) in [5, 5.41) is 2.28. The van der Waals surface area contributed by atoms with Crippen LogP contribution in [0.5, 0.6) is 0 Å². The second-order valence-electron chi connectivity index (χ2n) is 5.53. The molecule has 0 aliphatic carbocycles. The molecule has 1 fully saturated rings. The maximum Gasteiger partial charge on any atom is 0.183 e. The number of benzene rings is 1. The molecule has 24 heavy (non-hydrogen) atoms. The van der Waals surface area contributed by atoms with E-state index in [-0.39, 0.29) is 17.2 Å². The van der Waals surface area contributed by atoms with Crippen molar-refractivity contribution in [2.45, 2.75) is 22.5 Å². The average Bonchev–Trinajstić information content (AvgIpc) is 2.84. The number of sulfone groups is 2. The van der Waals surface area contributed by atoms with Gasteiger partial charge in [-0.1, -0.05) is 11.6 Å². The van der Waals surface area contributed by atoms with Crippen LogP contribution in [0.4, 0.5) is 0 Å². The van der Waals surface area contributed by atoms with Crippen molar-refractivity contribution in [2.24, 2.45) is 0 Å². The Balaban J connectivity index is 2.25. The van der Waals surface area contributed by atoms with E-state index in [9.17, 15) is 16.8 Å². The third-order valence-electron chi connectivity index (χ3n) is 3.91. The summed E-state index contributed by atoms with van der Waals surface area (Å²) in [6.45, 7) is 0.180. The van der Waals surface area contributed by atoms with E-state index in [1.807, 2.05) is 0 Å². The Morgan fingerprint density at radius 2 is 1.79 bits per heavy atom. The van der Waals surface area contributed by atoms with Crippen molar-refractivity contribution in [3.63, 3.8) is 0 Å². The molecule has 2 rings (SSSR count). The summed E-state index contributed by atoms with van der Waals surface area (Å²) in [6.07, 6.45) is -0.591. The Labute approximate surface area is 147 Å². The number of hydrogen-bond donors (Lipinski definition) is 1. The summed E-state index contributed by atoms with van der Waals surface area (Å²) in [6, 6.07) is 4.96. The van der Waals surface area contributed by atoms with Gasteiger partial charge in [0.05, 0.1) is 21.7 Å². The predicted octanol–water partition coefficient (Wildman–Crippen LogP) is 0.488. The third kappa shape index (κ3) is 4.47. The lowest BCUT2D eigenvalue weighted by molar-refractivity contribution is -0.0995. The van der Waals surface area contributed by atoms with Crippen LogP contribution in [-0.2, 0) is 29.1 Å². The highest BCUT2D eigenvalue weighted by molar-refractivity contribution is 7.96. The summed E-state index contributed by atoms with van der Waals surface area (Å²) in [5.74, 6) is -0.662. The van der Waals surface area contributed by atoms with E-state index >= 15 is 0 Å². The van der Waals surface area contributed by atoms with Gasteiger partial charge < -0.3 is 14.8 Å². The van der Waals surface area contributed by atoms with Crippen molar-refractivity contribution in [3.8, 4) is 0 Å². The molecule has 0 amide bonds. The minimum absolute atomic E-state index is 0.0517. The van der Waals surface area contributed by atoms with Crippen LogP contribution in [0.2, 0.25) is 5.02 Å². The molecule has 0 bridgehead atoms. The quantitative estimate of drug-likeness (QED) is 0.668. The first-order valence-corrected chi connectivity index (χ1v) is 10.9. The monoisotopic (exact) mass is 397 g/mol. The minimum atomic E-state index is -3.82. The minimum Gasteiger partial charge on any atom is -0.355 e. The van der Waals surface area contributed by atoms with Gasteiger partial charge in [0.2, 0.25) is 0 Å². The Morgan fingerprint density at radius 3 is 2.33 bits per heavy atom. The zero-order chi connectivity index (χ0) is 18.0. The molecular formula is C14H20ClNO6S2. The predicted molar refractivity (Wildman–Crippen MR) is 90.7 cm³/mol. The number of nitrogens with one attached hydrogen (secondary N) is 1. The fourth-order valence-corrected chi connectivity index (χ4v) is 7.46. The highest BCUT2D eigenvalue weighted by Crippen LogP contribution is 2.26. The standard InChI is InChI=1S/C14H20ClNO6S2/c1-21-14(22-2)7-16-12-8-23(17,18)9-13(12)24(19,20)11-5-3-10(15)4-6-11/h3-6,12-14,16H,7-9H2,1-2H3/t12-,13-/m0/s1. The van der Waals surface area contributed by atoms with Gasteiger partial charge in [0.1, 0.15) is 0 Å². The molecule has 10 heteroatoms. The van der Waals surface area contributed by atoms with Crippen LogP contribution >= 0.6 is 11.6 Å². The SMILES string of the molecule is COC(CN[C@H]1CS(=O)(=O)C[C@@H]1S(=O)(=O)c1ccc(Cl)cc1)OC. The van der Waals surface area contributed by atoms with Gasteiger partial charge in [-0.25, -0.2) is 16.8 Å². The molecule has 1 saturated heterocycles. The lowest BCUT2D eigenvalue weighted by Gasteiger charge is -2.22. The van der Waals surface area contributed by atoms with E-state index in [2.05, 4.69) is 5.32 Å². The lowest BCUT2D eigenvalue weighted by Crippen LogP contribution is -2.46. The van der Waals surface area contributed by atoms with Crippen LogP contribution < -0.4 is 5.32 Å². The number of hydrogen-bond acceptors (Lipinski definition) is 7. The van der Waals surface area contributed by atoms with Crippen molar-refractivity contribution in [3.05, 3.63) is 29.3 Å². The van der Waals surface area contributed by atoms with Crippen molar-refractivity contribution < 1.29 is 26.3 Å². The first-order chi connectivity index (χ1) is 11.2. The first kappa shape index (κ1) is 19.6. The maximum absolute atomic E-state index is 12.8. The Kier molecular flexibility index (Phi) is 6.27. The van der Waals surface area contributed by atoms with Gasteiger partial charge >= 0.3 is 0 Å². The number of ether oxygens (including phenoxy) is 2. The molecular weight excluding hydrogens is 378 g/mol. The lowest BCUT2D eigenvalue weighted by atomic mass is 10.2. The van der Waals surface area contributed by atoms with Crippen LogP contribution in [0.15, 0.2) is 29.2 Å². The molecule has 1 aliphatic heterocycles. The largest absolute Gasteiger partial charge is 0.355 e. The van der Waals surface area contributed by atoms with E-state index < -0.39 is 43.0 Å². The second-order valence-corrected chi connectivity index (χ2v) is 10.3. The van der Waals surface area contributed by atoms with E-state index in [1.165, 1.54) is 38.5 Å². The van der Waals surface area contributed by atoms with Crippen molar-refractivity contribution >= 4 is 31.3 Å². The molecule has 0 radical (unpaired) electrons. The molecule has 1 N–H and O–H groups in total. The zero-order valence-corrected chi connectivity index (χ0v) is 15.7. The smallest absolute Gasteiger partial charge is 0.183 e. The van der Waals surface area contributed by atoms with Crippen molar-refractivity contribution in [1.29, 1.82) is 0 Å². The molecule has 2 atom stereocenters. The summed E-state index contributed by atoms with van der Waals surface area (Å²) in [7, 11) is -4.38. The molecule has 136 valence electrons. The summed E-state index contributed by atoms with van der Waals surface area (Å²) in [4.78, 5) is 0.0517. The fraction of sp³-hybridized carbons (Fsp3) is 0.571. The van der Waals surface area contributed by atoms with Crippen LogP contribution in [0, 0.1) is 0 Å². The topological polar surface area (TPSA) is 98.8 Å². The van der Waals surface area contributed by atoms with Crippen LogP contribution in [0.3, 0.4) is 0 Å². The Hall–Kier alpha value is -0.710. The molecule has 1 aliphatic rings. The number of halogens is 1. The molecule has 0 aromatic heterocycles. The van der Waals surface area contributed by atoms with Gasteiger partial charge in [0.25, 0.3) is 0 Å². The van der Waals surface area contributed by atoms with Crippen LogP contribution in [0.1, 0.15) is 0 Å². The van der Waals surface area contributed by atoms with Crippen molar-refractivity contribution in [1.82, 2.24) is 5.32 Å². The van der Waals surface area contributed by atoms with E-state index in [1.54, 1.807) is 0 Å².